The lowest BCUT2D eigenvalue weighted by Crippen LogP contribution is -2.14. The van der Waals surface area contributed by atoms with E-state index in [0.717, 1.165) is 33.5 Å². The van der Waals surface area contributed by atoms with E-state index in [1.54, 1.807) is 31.0 Å². The van der Waals surface area contributed by atoms with E-state index in [9.17, 15) is 9.90 Å². The third kappa shape index (κ3) is 3.20. The fourth-order valence-electron chi connectivity index (χ4n) is 3.17. The maximum absolute atomic E-state index is 11.4. The lowest BCUT2D eigenvalue weighted by atomic mass is 10.1. The average Bonchev–Trinajstić information content (AvgIpc) is 3.16. The van der Waals surface area contributed by atoms with Gasteiger partial charge in [-0.1, -0.05) is 12.1 Å². The van der Waals surface area contributed by atoms with E-state index >= 15 is 0 Å². The highest BCUT2D eigenvalue weighted by Crippen LogP contribution is 2.27. The van der Waals surface area contributed by atoms with E-state index in [1.807, 2.05) is 54.6 Å². The molecule has 0 radical (unpaired) electrons. The van der Waals surface area contributed by atoms with E-state index in [2.05, 4.69) is 4.98 Å². The predicted octanol–water partition coefficient (Wildman–Crippen LogP) is 4.42. The van der Waals surface area contributed by atoms with Crippen LogP contribution in [0.3, 0.4) is 0 Å². The smallest absolute Gasteiger partial charge is 0.326 e. The Hall–Kier alpha value is -3.67. The lowest BCUT2D eigenvalue weighted by molar-refractivity contribution is -0.140. The summed E-state index contributed by atoms with van der Waals surface area (Å²) >= 11 is 0. The second-order valence-corrected chi connectivity index (χ2v) is 6.50. The van der Waals surface area contributed by atoms with Crippen LogP contribution in [-0.2, 0) is 4.79 Å². The molecule has 6 nitrogen and oxygen atoms in total. The molecule has 0 spiro atoms. The van der Waals surface area contributed by atoms with Gasteiger partial charge in [-0.05, 0) is 54.8 Å². The molecule has 0 aliphatic rings. The Morgan fingerprint density at radius 1 is 1.07 bits per heavy atom. The zero-order valence-electron chi connectivity index (χ0n) is 15.5. The molecule has 0 aliphatic heterocycles. The third-order valence-electron chi connectivity index (χ3n) is 4.80. The van der Waals surface area contributed by atoms with Gasteiger partial charge in [0.2, 0.25) is 0 Å². The first-order valence-corrected chi connectivity index (χ1v) is 8.88. The van der Waals surface area contributed by atoms with Gasteiger partial charge >= 0.3 is 5.97 Å². The molecule has 2 aromatic carbocycles. The summed E-state index contributed by atoms with van der Waals surface area (Å²) in [6.07, 6.45) is 3.52. The van der Waals surface area contributed by atoms with Gasteiger partial charge in [-0.3, -0.25) is 0 Å². The minimum Gasteiger partial charge on any atom is -0.497 e. The van der Waals surface area contributed by atoms with E-state index in [0.29, 0.717) is 5.82 Å². The van der Waals surface area contributed by atoms with Crippen LogP contribution in [0.25, 0.3) is 33.5 Å². The molecule has 6 heteroatoms. The second kappa shape index (κ2) is 7.15. The van der Waals surface area contributed by atoms with Gasteiger partial charge in [0, 0.05) is 29.0 Å². The van der Waals surface area contributed by atoms with Crippen molar-refractivity contribution in [2.45, 2.75) is 13.0 Å². The second-order valence-electron chi connectivity index (χ2n) is 6.50. The molecule has 2 heterocycles. The molecule has 1 N–H and O–H groups in total. The number of aliphatic carboxylic acids is 1. The number of fused-ring (bicyclic) bond motifs is 1. The molecule has 1 atom stereocenters. The maximum atomic E-state index is 11.4. The Morgan fingerprint density at radius 2 is 1.82 bits per heavy atom. The number of hydrogen-bond donors (Lipinski definition) is 1. The van der Waals surface area contributed by atoms with Crippen LogP contribution in [0, 0.1) is 0 Å². The van der Waals surface area contributed by atoms with Gasteiger partial charge in [0.1, 0.15) is 11.8 Å². The Kier molecular flexibility index (Phi) is 4.53. The van der Waals surface area contributed by atoms with Crippen molar-refractivity contribution < 1.29 is 14.6 Å². The number of hydrogen-bond acceptors (Lipinski definition) is 4. The topological polar surface area (TPSA) is 77.2 Å². The van der Waals surface area contributed by atoms with Crippen molar-refractivity contribution in [1.82, 2.24) is 14.5 Å². The summed E-state index contributed by atoms with van der Waals surface area (Å²) in [6.45, 7) is 1.66. The number of nitrogens with zero attached hydrogens (tertiary/aromatic N) is 3. The van der Waals surface area contributed by atoms with Crippen LogP contribution in [0.15, 0.2) is 67.0 Å². The molecular weight excluding hydrogens is 354 g/mol. The summed E-state index contributed by atoms with van der Waals surface area (Å²) in [4.78, 5) is 20.5. The zero-order chi connectivity index (χ0) is 19.7. The lowest BCUT2D eigenvalue weighted by Gasteiger charge is -2.11. The molecular formula is C22H19N3O3. The van der Waals surface area contributed by atoms with Crippen LogP contribution < -0.4 is 4.74 Å². The predicted molar refractivity (Wildman–Crippen MR) is 107 cm³/mol. The summed E-state index contributed by atoms with van der Waals surface area (Å²) in [5, 5.41) is 10.3. The van der Waals surface area contributed by atoms with Crippen LogP contribution in [0.1, 0.15) is 13.0 Å². The van der Waals surface area contributed by atoms with Crippen molar-refractivity contribution in [3.05, 3.63) is 67.0 Å². The number of carbonyl (C=O) groups is 1. The van der Waals surface area contributed by atoms with Crippen LogP contribution in [0.2, 0.25) is 0 Å². The number of rotatable bonds is 5. The summed E-state index contributed by atoms with van der Waals surface area (Å²) in [6, 6.07) is 16.6. The highest BCUT2D eigenvalue weighted by molar-refractivity contribution is 5.86. The molecule has 1 unspecified atom stereocenters. The van der Waals surface area contributed by atoms with Crippen molar-refractivity contribution in [1.29, 1.82) is 0 Å². The van der Waals surface area contributed by atoms with Gasteiger partial charge in [0.05, 0.1) is 12.8 Å². The van der Waals surface area contributed by atoms with Gasteiger partial charge in [0.25, 0.3) is 0 Å². The zero-order valence-corrected chi connectivity index (χ0v) is 15.5. The summed E-state index contributed by atoms with van der Waals surface area (Å²) in [5.74, 6) is 0.503. The molecule has 4 aromatic rings. The van der Waals surface area contributed by atoms with E-state index in [4.69, 9.17) is 9.72 Å². The average molecular weight is 373 g/mol. The highest BCUT2D eigenvalue weighted by atomic mass is 16.5. The van der Waals surface area contributed by atoms with Crippen molar-refractivity contribution in [2.24, 2.45) is 0 Å². The quantitative estimate of drug-likeness (QED) is 0.560. The molecule has 0 bridgehead atoms. The highest BCUT2D eigenvalue weighted by Gasteiger charge is 2.16. The standard InChI is InChI=1S/C22H19N3O3/c1-14(22(26)27)25-12-10-16-3-4-17(13-20(16)25)21-23-11-9-19(24-21)15-5-7-18(28-2)8-6-15/h3-14H,1-2H3,(H,26,27). The molecule has 0 amide bonds. The minimum atomic E-state index is -0.874. The van der Waals surface area contributed by atoms with Crippen LogP contribution in [0.5, 0.6) is 5.75 Å². The third-order valence-corrected chi connectivity index (χ3v) is 4.80. The SMILES string of the molecule is COc1ccc(-c2ccnc(-c3ccc4ccn(C(C)C(=O)O)c4c3)n2)cc1. The Balaban J connectivity index is 1.75. The number of aromatic nitrogens is 3. The largest absolute Gasteiger partial charge is 0.497 e. The number of methoxy groups -OCH3 is 1. The van der Waals surface area contributed by atoms with Crippen LogP contribution in [-0.4, -0.2) is 32.7 Å². The Morgan fingerprint density at radius 3 is 2.54 bits per heavy atom. The molecule has 0 fully saturated rings. The molecule has 0 saturated carbocycles. The van der Waals surface area contributed by atoms with Gasteiger partial charge in [0.15, 0.2) is 5.82 Å². The van der Waals surface area contributed by atoms with Crippen LogP contribution >= 0.6 is 0 Å². The number of benzene rings is 2. The number of carboxylic acid groups (broad SMARTS) is 1. The van der Waals surface area contributed by atoms with Gasteiger partial charge in [-0.2, -0.15) is 0 Å². The normalized spacial score (nSPS) is 12.1. The maximum Gasteiger partial charge on any atom is 0.326 e. The minimum absolute atomic E-state index is 0.589. The molecule has 140 valence electrons. The van der Waals surface area contributed by atoms with Crippen molar-refractivity contribution in [3.8, 4) is 28.4 Å². The van der Waals surface area contributed by atoms with E-state index in [1.165, 1.54) is 0 Å². The van der Waals surface area contributed by atoms with Crippen molar-refractivity contribution in [2.75, 3.05) is 7.11 Å². The Bertz CT molecular complexity index is 1150. The first-order chi connectivity index (χ1) is 13.6. The fourth-order valence-corrected chi connectivity index (χ4v) is 3.17. The number of ether oxygens (including phenoxy) is 1. The summed E-state index contributed by atoms with van der Waals surface area (Å²) in [5.41, 5.74) is 3.45. The van der Waals surface area contributed by atoms with Gasteiger partial charge in [-0.25, -0.2) is 14.8 Å². The summed E-state index contributed by atoms with van der Waals surface area (Å²) < 4.78 is 6.95. The van der Waals surface area contributed by atoms with Gasteiger partial charge < -0.3 is 14.4 Å². The summed E-state index contributed by atoms with van der Waals surface area (Å²) in [7, 11) is 1.63. The van der Waals surface area contributed by atoms with Crippen LogP contribution in [0.4, 0.5) is 0 Å². The first kappa shape index (κ1) is 17.7. The van der Waals surface area contributed by atoms with E-state index in [-0.39, 0.29) is 0 Å². The van der Waals surface area contributed by atoms with Crippen molar-refractivity contribution >= 4 is 16.9 Å². The monoisotopic (exact) mass is 373 g/mol. The molecule has 28 heavy (non-hydrogen) atoms. The van der Waals surface area contributed by atoms with Gasteiger partial charge in [-0.15, -0.1) is 0 Å². The molecule has 2 aromatic heterocycles. The molecule has 0 saturated heterocycles. The van der Waals surface area contributed by atoms with Crippen molar-refractivity contribution in [3.63, 3.8) is 0 Å². The Labute approximate surface area is 162 Å². The van der Waals surface area contributed by atoms with E-state index < -0.39 is 12.0 Å². The first-order valence-electron chi connectivity index (χ1n) is 8.88. The molecule has 4 rings (SSSR count). The fraction of sp³-hybridized carbons (Fsp3) is 0.136. The number of carboxylic acids is 1. The molecule has 0 aliphatic carbocycles.